The van der Waals surface area contributed by atoms with E-state index in [1.807, 2.05) is 37.3 Å². The van der Waals surface area contributed by atoms with E-state index in [1.54, 1.807) is 19.2 Å². The molecule has 0 aliphatic carbocycles. The smallest absolute Gasteiger partial charge is 0.262 e. The van der Waals surface area contributed by atoms with Gasteiger partial charge in [-0.05, 0) is 43.7 Å². The molecule has 1 amide bonds. The van der Waals surface area contributed by atoms with Gasteiger partial charge >= 0.3 is 0 Å². The lowest BCUT2D eigenvalue weighted by atomic mass is 10.2. The fraction of sp³-hybridized carbons (Fsp3) is 0.409. The first kappa shape index (κ1) is 21.6. The number of hydrogen-bond donors (Lipinski definition) is 2. The number of benzene rings is 2. The molecule has 0 aliphatic rings. The van der Waals surface area contributed by atoms with Gasteiger partial charge in [-0.15, -0.1) is 0 Å². The molecule has 0 bridgehead atoms. The Bertz CT molecular complexity index is 749. The number of nitrogens with one attached hydrogen (secondary N) is 1. The summed E-state index contributed by atoms with van der Waals surface area (Å²) in [4.78, 5) is 12.3. The largest absolute Gasteiger partial charge is 0.495 e. The lowest BCUT2D eigenvalue weighted by molar-refractivity contribution is -0.670. The van der Waals surface area contributed by atoms with E-state index in [0.29, 0.717) is 29.5 Å². The van der Waals surface area contributed by atoms with Gasteiger partial charge < -0.3 is 24.8 Å². The van der Waals surface area contributed by atoms with Gasteiger partial charge in [-0.1, -0.05) is 25.5 Å². The summed E-state index contributed by atoms with van der Waals surface area (Å²) in [5.74, 6) is 1.57. The molecule has 2 aromatic rings. The number of amides is 1. The van der Waals surface area contributed by atoms with Crippen molar-refractivity contribution in [1.82, 2.24) is 0 Å². The van der Waals surface area contributed by atoms with Crippen LogP contribution in [0.15, 0.2) is 42.5 Å². The van der Waals surface area contributed by atoms with Gasteiger partial charge in [0.1, 0.15) is 12.3 Å². The number of hydrogen-bond acceptors (Lipinski definition) is 4. The van der Waals surface area contributed by atoms with Gasteiger partial charge in [0.25, 0.3) is 5.91 Å². The van der Waals surface area contributed by atoms with Crippen LogP contribution in [-0.4, -0.2) is 32.8 Å². The molecular formula is C22H31N2O4+. The van der Waals surface area contributed by atoms with E-state index in [4.69, 9.17) is 14.2 Å². The van der Waals surface area contributed by atoms with Crippen molar-refractivity contribution in [3.8, 4) is 17.2 Å². The van der Waals surface area contributed by atoms with Gasteiger partial charge in [-0.3, -0.25) is 4.79 Å². The second-order valence-corrected chi connectivity index (χ2v) is 6.39. The Labute approximate surface area is 167 Å². The van der Waals surface area contributed by atoms with Gasteiger partial charge in [0.15, 0.2) is 18.1 Å². The molecule has 0 saturated heterocycles. The average Bonchev–Trinajstić information content (AvgIpc) is 2.71. The number of nitrogens with two attached hydrogens (primary N) is 1. The maximum Gasteiger partial charge on any atom is 0.262 e. The quantitative estimate of drug-likeness (QED) is 0.549. The van der Waals surface area contributed by atoms with Gasteiger partial charge in [0.2, 0.25) is 0 Å². The molecule has 6 heteroatoms. The maximum absolute atomic E-state index is 12.3. The summed E-state index contributed by atoms with van der Waals surface area (Å²) >= 11 is 0. The molecule has 2 aromatic carbocycles. The fourth-order valence-corrected chi connectivity index (χ4v) is 2.76. The molecule has 28 heavy (non-hydrogen) atoms. The first-order chi connectivity index (χ1) is 13.7. The number of carbonyl (C=O) groups excluding carboxylic acids is 1. The molecule has 0 saturated carbocycles. The molecule has 152 valence electrons. The summed E-state index contributed by atoms with van der Waals surface area (Å²) < 4.78 is 16.7. The third-order valence-electron chi connectivity index (χ3n) is 4.19. The second-order valence-electron chi connectivity index (χ2n) is 6.39. The second kappa shape index (κ2) is 11.9. The van der Waals surface area contributed by atoms with Crippen LogP contribution in [0.2, 0.25) is 0 Å². The van der Waals surface area contributed by atoms with Gasteiger partial charge in [-0.25, -0.2) is 0 Å². The van der Waals surface area contributed by atoms with Crippen LogP contribution >= 0.6 is 0 Å². The number of rotatable bonds is 12. The van der Waals surface area contributed by atoms with Crippen molar-refractivity contribution < 1.29 is 24.3 Å². The highest BCUT2D eigenvalue weighted by Gasteiger charge is 2.11. The van der Waals surface area contributed by atoms with E-state index >= 15 is 0 Å². The lowest BCUT2D eigenvalue weighted by Crippen LogP contribution is -2.82. The molecule has 0 heterocycles. The van der Waals surface area contributed by atoms with Crippen molar-refractivity contribution in [3.05, 3.63) is 48.0 Å². The minimum atomic E-state index is -0.260. The molecular weight excluding hydrogens is 356 g/mol. The third kappa shape index (κ3) is 6.78. The van der Waals surface area contributed by atoms with Gasteiger partial charge in [0, 0.05) is 5.56 Å². The highest BCUT2D eigenvalue weighted by molar-refractivity contribution is 5.93. The summed E-state index contributed by atoms with van der Waals surface area (Å²) in [6.07, 6.45) is 2.41. The number of carbonyl (C=O) groups is 1. The molecule has 0 aliphatic heterocycles. The first-order valence-corrected chi connectivity index (χ1v) is 9.81. The SMILES string of the molecule is CCCC[NH2+]Cc1ccc(OCC(=O)Nc2ccccc2OC)c(OCC)c1. The number of para-hydroxylation sites is 2. The summed E-state index contributed by atoms with van der Waals surface area (Å²) in [7, 11) is 1.57. The minimum absolute atomic E-state index is 0.111. The van der Waals surface area contributed by atoms with Crippen molar-refractivity contribution in [2.45, 2.75) is 33.2 Å². The zero-order valence-electron chi connectivity index (χ0n) is 17.0. The number of ether oxygens (including phenoxy) is 3. The maximum atomic E-state index is 12.3. The van der Waals surface area contributed by atoms with E-state index in [-0.39, 0.29) is 12.5 Å². The van der Waals surface area contributed by atoms with Crippen LogP contribution < -0.4 is 24.8 Å². The molecule has 0 radical (unpaired) electrons. The third-order valence-corrected chi connectivity index (χ3v) is 4.19. The van der Waals surface area contributed by atoms with Crippen molar-refractivity contribution in [3.63, 3.8) is 0 Å². The van der Waals surface area contributed by atoms with E-state index in [0.717, 1.165) is 13.1 Å². The highest BCUT2D eigenvalue weighted by Crippen LogP contribution is 2.28. The Balaban J connectivity index is 1.95. The normalized spacial score (nSPS) is 10.4. The van der Waals surface area contributed by atoms with Crippen LogP contribution in [0, 0.1) is 0 Å². The topological polar surface area (TPSA) is 73.4 Å². The lowest BCUT2D eigenvalue weighted by Gasteiger charge is -2.14. The number of anilines is 1. The van der Waals surface area contributed by atoms with E-state index < -0.39 is 0 Å². The number of unbranched alkanes of at least 4 members (excludes halogenated alkanes) is 1. The molecule has 0 unspecified atom stereocenters. The standard InChI is InChI=1S/C22H30N2O4/c1-4-6-13-23-15-17-11-12-20(21(14-17)27-5-2)28-16-22(25)24-18-9-7-8-10-19(18)26-3/h7-12,14,23H,4-6,13,15-16H2,1-3H3,(H,24,25)/p+1. The van der Waals surface area contributed by atoms with Crippen LogP contribution in [0.4, 0.5) is 5.69 Å². The number of methoxy groups -OCH3 is 1. The van der Waals surface area contributed by atoms with Crippen molar-refractivity contribution in [2.24, 2.45) is 0 Å². The minimum Gasteiger partial charge on any atom is -0.495 e. The molecule has 0 atom stereocenters. The van der Waals surface area contributed by atoms with Crippen molar-refractivity contribution in [1.29, 1.82) is 0 Å². The Hall–Kier alpha value is -2.73. The van der Waals surface area contributed by atoms with Crippen molar-refractivity contribution >= 4 is 11.6 Å². The predicted molar refractivity (Wildman–Crippen MR) is 110 cm³/mol. The molecule has 6 nitrogen and oxygen atoms in total. The Morgan fingerprint density at radius 1 is 1.04 bits per heavy atom. The summed E-state index contributed by atoms with van der Waals surface area (Å²) in [5.41, 5.74) is 1.78. The van der Waals surface area contributed by atoms with E-state index in [1.165, 1.54) is 18.4 Å². The molecule has 0 spiro atoms. The molecule has 3 N–H and O–H groups in total. The summed E-state index contributed by atoms with van der Waals surface area (Å²) in [5, 5.41) is 5.09. The van der Waals surface area contributed by atoms with Crippen LogP contribution in [0.1, 0.15) is 32.3 Å². The van der Waals surface area contributed by atoms with Crippen LogP contribution in [0.3, 0.4) is 0 Å². The summed E-state index contributed by atoms with van der Waals surface area (Å²) in [6, 6.07) is 13.1. The van der Waals surface area contributed by atoms with Crippen LogP contribution in [-0.2, 0) is 11.3 Å². The van der Waals surface area contributed by atoms with Crippen molar-refractivity contribution in [2.75, 3.05) is 32.2 Å². The number of quaternary nitrogens is 1. The Morgan fingerprint density at radius 2 is 1.86 bits per heavy atom. The molecule has 0 fully saturated rings. The zero-order valence-corrected chi connectivity index (χ0v) is 17.0. The van der Waals surface area contributed by atoms with Gasteiger partial charge in [0.05, 0.1) is 25.9 Å². The molecule has 2 rings (SSSR count). The first-order valence-electron chi connectivity index (χ1n) is 9.81. The highest BCUT2D eigenvalue weighted by atomic mass is 16.5. The fourth-order valence-electron chi connectivity index (χ4n) is 2.76. The average molecular weight is 388 g/mol. The van der Waals surface area contributed by atoms with Crippen LogP contribution in [0.25, 0.3) is 0 Å². The summed E-state index contributed by atoms with van der Waals surface area (Å²) in [6.45, 7) is 6.55. The van der Waals surface area contributed by atoms with E-state index in [2.05, 4.69) is 17.6 Å². The molecule has 0 aromatic heterocycles. The zero-order chi connectivity index (χ0) is 20.2. The van der Waals surface area contributed by atoms with Crippen LogP contribution in [0.5, 0.6) is 17.2 Å². The Morgan fingerprint density at radius 3 is 2.61 bits per heavy atom. The van der Waals surface area contributed by atoms with Gasteiger partial charge in [-0.2, -0.15) is 0 Å². The van der Waals surface area contributed by atoms with E-state index in [9.17, 15) is 4.79 Å². The predicted octanol–water partition coefficient (Wildman–Crippen LogP) is 2.97. The Kier molecular flexibility index (Phi) is 9.15. The monoisotopic (exact) mass is 387 g/mol.